The van der Waals surface area contributed by atoms with Crippen LogP contribution in [0.25, 0.3) is 11.0 Å². The van der Waals surface area contributed by atoms with Crippen molar-refractivity contribution >= 4 is 34.4 Å². The van der Waals surface area contributed by atoms with Crippen LogP contribution in [0.5, 0.6) is 0 Å². The molecule has 0 atom stereocenters. The molecule has 1 fully saturated rings. The van der Waals surface area contributed by atoms with E-state index >= 15 is 0 Å². The van der Waals surface area contributed by atoms with Gasteiger partial charge in [0.25, 0.3) is 0 Å². The number of imidazole rings is 1. The van der Waals surface area contributed by atoms with Gasteiger partial charge in [0.2, 0.25) is 11.1 Å². The Hall–Kier alpha value is -2.62. The highest BCUT2D eigenvalue weighted by Gasteiger charge is 2.22. The Labute approximate surface area is 146 Å². The lowest BCUT2D eigenvalue weighted by Crippen LogP contribution is -2.15. The largest absolute Gasteiger partial charge is 0.325 e. The number of H-pyrrole nitrogens is 2. The molecule has 25 heavy (non-hydrogen) atoms. The number of carbonyl (C=O) groups is 1. The summed E-state index contributed by atoms with van der Waals surface area (Å²) in [5.41, 5.74) is 1.71. The Morgan fingerprint density at radius 2 is 2.08 bits per heavy atom. The fraction of sp³-hybridized carbons (Fsp3) is 0.400. The molecular weight excluding hydrogens is 342 g/mol. The topological polar surface area (TPSA) is 121 Å². The lowest BCUT2D eigenvalue weighted by atomic mass is 10.3. The maximum atomic E-state index is 12.2. The molecule has 1 aromatic carbocycles. The molecule has 1 amide bonds. The van der Waals surface area contributed by atoms with E-state index in [1.165, 1.54) is 24.6 Å². The van der Waals surface area contributed by atoms with Crippen molar-refractivity contribution < 1.29 is 4.79 Å². The van der Waals surface area contributed by atoms with Crippen LogP contribution in [0.2, 0.25) is 0 Å². The molecule has 1 aliphatic carbocycles. The lowest BCUT2D eigenvalue weighted by Gasteiger charge is -2.10. The van der Waals surface area contributed by atoms with Crippen LogP contribution in [-0.2, 0) is 4.79 Å². The average molecular weight is 359 g/mol. The maximum Gasteiger partial charge on any atom is 0.323 e. The average Bonchev–Trinajstić information content (AvgIpc) is 3.31. The molecule has 0 bridgehead atoms. The Morgan fingerprint density at radius 3 is 2.92 bits per heavy atom. The van der Waals surface area contributed by atoms with Gasteiger partial charge >= 0.3 is 5.69 Å². The van der Waals surface area contributed by atoms with E-state index in [1.54, 1.807) is 18.2 Å². The van der Waals surface area contributed by atoms with Gasteiger partial charge in [-0.15, -0.1) is 5.10 Å². The van der Waals surface area contributed by atoms with Gasteiger partial charge in [-0.1, -0.05) is 24.6 Å². The number of aromatic nitrogens is 6. The fourth-order valence-corrected chi connectivity index (χ4v) is 3.84. The number of hydrogen-bond donors (Lipinski definition) is 3. The third kappa shape index (κ3) is 3.43. The molecule has 0 spiro atoms. The molecule has 10 heteroatoms. The highest BCUT2D eigenvalue weighted by Crippen LogP contribution is 2.31. The van der Waals surface area contributed by atoms with Crippen molar-refractivity contribution in [3.63, 3.8) is 0 Å². The third-order valence-electron chi connectivity index (χ3n) is 4.27. The SMILES string of the molecule is O=C(CSc1nnnn1C1CCCC1)Nc1ccc2[nH]c(=O)[nH]c2c1. The number of benzene rings is 1. The molecule has 3 N–H and O–H groups in total. The van der Waals surface area contributed by atoms with Crippen molar-refractivity contribution in [1.82, 2.24) is 30.2 Å². The molecule has 1 saturated carbocycles. The van der Waals surface area contributed by atoms with Gasteiger partial charge in [0.05, 0.1) is 22.8 Å². The van der Waals surface area contributed by atoms with Gasteiger partial charge in [0.1, 0.15) is 0 Å². The summed E-state index contributed by atoms with van der Waals surface area (Å²) in [4.78, 5) is 28.8. The summed E-state index contributed by atoms with van der Waals surface area (Å²) < 4.78 is 1.83. The van der Waals surface area contributed by atoms with Crippen molar-refractivity contribution in [3.8, 4) is 0 Å². The summed E-state index contributed by atoms with van der Waals surface area (Å²) in [5, 5.41) is 15.3. The van der Waals surface area contributed by atoms with E-state index in [-0.39, 0.29) is 17.3 Å². The van der Waals surface area contributed by atoms with Crippen molar-refractivity contribution in [2.75, 3.05) is 11.1 Å². The first-order valence-electron chi connectivity index (χ1n) is 8.11. The van der Waals surface area contributed by atoms with Crippen LogP contribution in [0.3, 0.4) is 0 Å². The van der Waals surface area contributed by atoms with Gasteiger partial charge in [0, 0.05) is 5.69 Å². The zero-order valence-electron chi connectivity index (χ0n) is 13.4. The normalized spacial score (nSPS) is 15.0. The molecule has 1 aliphatic rings. The zero-order chi connectivity index (χ0) is 17.2. The maximum absolute atomic E-state index is 12.2. The number of thioether (sulfide) groups is 1. The summed E-state index contributed by atoms with van der Waals surface area (Å²) in [6.45, 7) is 0. The first-order chi connectivity index (χ1) is 12.2. The smallest absolute Gasteiger partial charge is 0.323 e. The minimum absolute atomic E-state index is 0.150. The first kappa shape index (κ1) is 15.9. The molecule has 9 nitrogen and oxygen atoms in total. The van der Waals surface area contributed by atoms with Crippen LogP contribution < -0.4 is 11.0 Å². The van der Waals surface area contributed by atoms with Crippen LogP contribution in [0.15, 0.2) is 28.2 Å². The molecule has 0 aliphatic heterocycles. The second kappa shape index (κ2) is 6.71. The quantitative estimate of drug-likeness (QED) is 0.596. The molecular formula is C15H17N7O2S. The number of fused-ring (bicyclic) bond motifs is 1. The summed E-state index contributed by atoms with van der Waals surface area (Å²) in [6.07, 6.45) is 4.55. The van der Waals surface area contributed by atoms with E-state index in [2.05, 4.69) is 30.8 Å². The number of aromatic amines is 2. The van der Waals surface area contributed by atoms with E-state index < -0.39 is 0 Å². The molecule has 0 radical (unpaired) electrons. The number of rotatable bonds is 5. The monoisotopic (exact) mass is 359 g/mol. The molecule has 4 rings (SSSR count). The number of nitrogens with zero attached hydrogens (tertiary/aromatic N) is 4. The van der Waals surface area contributed by atoms with Crippen LogP contribution in [-0.4, -0.2) is 41.8 Å². The van der Waals surface area contributed by atoms with Crippen molar-refractivity contribution in [1.29, 1.82) is 0 Å². The van der Waals surface area contributed by atoms with E-state index in [0.717, 1.165) is 12.8 Å². The Morgan fingerprint density at radius 1 is 1.28 bits per heavy atom. The van der Waals surface area contributed by atoms with Crippen LogP contribution in [0.1, 0.15) is 31.7 Å². The second-order valence-electron chi connectivity index (χ2n) is 6.02. The first-order valence-corrected chi connectivity index (χ1v) is 9.10. The predicted molar refractivity (Wildman–Crippen MR) is 93.6 cm³/mol. The number of hydrogen-bond acceptors (Lipinski definition) is 6. The number of tetrazole rings is 1. The molecule has 130 valence electrons. The van der Waals surface area contributed by atoms with Crippen LogP contribution in [0.4, 0.5) is 5.69 Å². The lowest BCUT2D eigenvalue weighted by molar-refractivity contribution is -0.113. The minimum Gasteiger partial charge on any atom is -0.325 e. The minimum atomic E-state index is -0.271. The molecule has 2 heterocycles. The third-order valence-corrected chi connectivity index (χ3v) is 5.20. The van der Waals surface area contributed by atoms with Crippen molar-refractivity contribution in [2.45, 2.75) is 36.9 Å². The fourth-order valence-electron chi connectivity index (χ4n) is 3.10. The highest BCUT2D eigenvalue weighted by atomic mass is 32.2. The van der Waals surface area contributed by atoms with E-state index in [4.69, 9.17) is 0 Å². The second-order valence-corrected chi connectivity index (χ2v) is 6.96. The van der Waals surface area contributed by atoms with Gasteiger partial charge in [-0.25, -0.2) is 9.48 Å². The number of carbonyl (C=O) groups excluding carboxylic acids is 1. The Bertz CT molecular complexity index is 954. The summed E-state index contributed by atoms with van der Waals surface area (Å²) in [6, 6.07) is 5.56. The number of nitrogens with one attached hydrogen (secondary N) is 3. The van der Waals surface area contributed by atoms with Crippen molar-refractivity contribution in [3.05, 3.63) is 28.7 Å². The summed E-state index contributed by atoms with van der Waals surface area (Å²) >= 11 is 1.33. The summed E-state index contributed by atoms with van der Waals surface area (Å²) in [7, 11) is 0. The Kier molecular flexibility index (Phi) is 4.26. The standard InChI is InChI=1S/C15H17N7O2S/c23-13(16-9-5-6-11-12(7-9)18-14(24)17-11)8-25-15-19-20-21-22(15)10-3-1-2-4-10/h5-7,10H,1-4,8H2,(H,16,23)(H2,17,18,24). The van der Waals surface area contributed by atoms with Gasteiger partial charge < -0.3 is 15.3 Å². The number of amides is 1. The van der Waals surface area contributed by atoms with Gasteiger partial charge in [-0.05, 0) is 41.5 Å². The Balaban J connectivity index is 1.39. The van der Waals surface area contributed by atoms with Crippen LogP contribution >= 0.6 is 11.8 Å². The van der Waals surface area contributed by atoms with E-state index in [0.29, 0.717) is 27.9 Å². The number of anilines is 1. The van der Waals surface area contributed by atoms with Crippen LogP contribution in [0, 0.1) is 0 Å². The molecule has 3 aromatic rings. The molecule has 0 unspecified atom stereocenters. The summed E-state index contributed by atoms with van der Waals surface area (Å²) in [5.74, 6) is 0.0672. The predicted octanol–water partition coefficient (Wildman–Crippen LogP) is 1.69. The molecule has 2 aromatic heterocycles. The van der Waals surface area contributed by atoms with Gasteiger partial charge in [-0.2, -0.15) is 0 Å². The van der Waals surface area contributed by atoms with E-state index in [1.807, 2.05) is 4.68 Å². The molecule has 0 saturated heterocycles. The van der Waals surface area contributed by atoms with E-state index in [9.17, 15) is 9.59 Å². The van der Waals surface area contributed by atoms with Crippen molar-refractivity contribution in [2.24, 2.45) is 0 Å². The highest BCUT2D eigenvalue weighted by molar-refractivity contribution is 7.99. The van der Waals surface area contributed by atoms with Gasteiger partial charge in [0.15, 0.2) is 0 Å². The van der Waals surface area contributed by atoms with Gasteiger partial charge in [-0.3, -0.25) is 4.79 Å². The zero-order valence-corrected chi connectivity index (χ0v) is 14.2.